The number of hydrogen-bond acceptors (Lipinski definition) is 3. The maximum absolute atomic E-state index is 3.67. The molecule has 0 aliphatic carbocycles. The molecule has 1 aliphatic rings. The molecule has 1 unspecified atom stereocenters. The lowest BCUT2D eigenvalue weighted by atomic mass is 10.1. The molecule has 84 valence electrons. The summed E-state index contributed by atoms with van der Waals surface area (Å²) in [6, 6.07) is 0.777. The average Bonchev–Trinajstić information content (AvgIpc) is 2.46. The molecule has 1 rings (SSSR count). The van der Waals surface area contributed by atoms with E-state index < -0.39 is 0 Å². The molecule has 14 heavy (non-hydrogen) atoms. The number of hydrogen-bond donors (Lipinski definition) is 2. The number of unbranched alkanes of at least 4 members (excludes halogenated alkanes) is 1. The van der Waals surface area contributed by atoms with Gasteiger partial charge in [-0.2, -0.15) is 11.8 Å². The fourth-order valence-electron chi connectivity index (χ4n) is 1.90. The standard InChI is InChI=1S/C11H24N2S/c1-14-10-3-2-8-13-11-5-4-7-12-9-6-11/h11-13H,2-10H2,1H3. The number of thioether (sulfide) groups is 1. The van der Waals surface area contributed by atoms with Gasteiger partial charge in [-0.3, -0.25) is 0 Å². The third-order valence-electron chi connectivity index (χ3n) is 2.78. The van der Waals surface area contributed by atoms with Crippen LogP contribution in [0, 0.1) is 0 Å². The van der Waals surface area contributed by atoms with Gasteiger partial charge in [-0.15, -0.1) is 0 Å². The van der Waals surface area contributed by atoms with Crippen LogP contribution >= 0.6 is 11.8 Å². The average molecular weight is 216 g/mol. The second kappa shape index (κ2) is 8.57. The van der Waals surface area contributed by atoms with Crippen LogP contribution in [-0.4, -0.2) is 37.7 Å². The molecule has 2 nitrogen and oxygen atoms in total. The molecule has 0 saturated carbocycles. The third kappa shape index (κ3) is 5.89. The van der Waals surface area contributed by atoms with E-state index in [0.29, 0.717) is 0 Å². The minimum Gasteiger partial charge on any atom is -0.317 e. The highest BCUT2D eigenvalue weighted by atomic mass is 32.2. The molecule has 1 atom stereocenters. The van der Waals surface area contributed by atoms with E-state index in [1.165, 1.54) is 57.5 Å². The van der Waals surface area contributed by atoms with Crippen molar-refractivity contribution in [2.45, 2.75) is 38.1 Å². The summed E-state index contributed by atoms with van der Waals surface area (Å²) in [6.07, 6.45) is 8.88. The summed E-state index contributed by atoms with van der Waals surface area (Å²) >= 11 is 1.95. The minimum atomic E-state index is 0.777. The molecule has 0 bridgehead atoms. The fourth-order valence-corrected chi connectivity index (χ4v) is 2.39. The second-order valence-electron chi connectivity index (χ2n) is 4.03. The van der Waals surface area contributed by atoms with Crippen molar-refractivity contribution in [3.05, 3.63) is 0 Å². The van der Waals surface area contributed by atoms with E-state index in [4.69, 9.17) is 0 Å². The van der Waals surface area contributed by atoms with Crippen molar-refractivity contribution < 1.29 is 0 Å². The van der Waals surface area contributed by atoms with E-state index >= 15 is 0 Å². The maximum Gasteiger partial charge on any atom is 0.00796 e. The van der Waals surface area contributed by atoms with Crippen LogP contribution in [0.15, 0.2) is 0 Å². The molecule has 0 amide bonds. The van der Waals surface area contributed by atoms with Crippen molar-refractivity contribution in [2.24, 2.45) is 0 Å². The van der Waals surface area contributed by atoms with Crippen molar-refractivity contribution in [1.82, 2.24) is 10.6 Å². The van der Waals surface area contributed by atoms with Gasteiger partial charge in [0.2, 0.25) is 0 Å². The molecule has 0 aromatic rings. The molecule has 1 aliphatic heterocycles. The van der Waals surface area contributed by atoms with E-state index in [-0.39, 0.29) is 0 Å². The Bertz CT molecular complexity index is 122. The molecule has 1 saturated heterocycles. The Balaban J connectivity index is 1.93. The van der Waals surface area contributed by atoms with Gasteiger partial charge in [0.25, 0.3) is 0 Å². The first-order chi connectivity index (χ1) is 6.93. The topological polar surface area (TPSA) is 24.1 Å². The first kappa shape index (κ1) is 12.3. The Morgan fingerprint density at radius 2 is 2.21 bits per heavy atom. The Morgan fingerprint density at radius 3 is 3.07 bits per heavy atom. The zero-order chi connectivity index (χ0) is 10.1. The molecular formula is C11H24N2S. The highest BCUT2D eigenvalue weighted by Gasteiger charge is 2.09. The van der Waals surface area contributed by atoms with Crippen LogP contribution in [0.5, 0.6) is 0 Å². The summed E-state index contributed by atoms with van der Waals surface area (Å²) in [5, 5.41) is 7.12. The first-order valence-electron chi connectivity index (χ1n) is 5.86. The summed E-state index contributed by atoms with van der Waals surface area (Å²) in [6.45, 7) is 3.62. The van der Waals surface area contributed by atoms with Crippen LogP contribution in [0.1, 0.15) is 32.1 Å². The van der Waals surface area contributed by atoms with Gasteiger partial charge in [0.15, 0.2) is 0 Å². The van der Waals surface area contributed by atoms with Gasteiger partial charge in [-0.05, 0) is 63.7 Å². The maximum atomic E-state index is 3.67. The fraction of sp³-hybridized carbons (Fsp3) is 1.00. The van der Waals surface area contributed by atoms with E-state index in [0.717, 1.165) is 6.04 Å². The smallest absolute Gasteiger partial charge is 0.00796 e. The predicted octanol–water partition coefficient (Wildman–Crippen LogP) is 1.86. The zero-order valence-electron chi connectivity index (χ0n) is 9.35. The van der Waals surface area contributed by atoms with Crippen molar-refractivity contribution in [1.29, 1.82) is 0 Å². The van der Waals surface area contributed by atoms with Crippen molar-refractivity contribution in [3.63, 3.8) is 0 Å². The normalized spacial score (nSPS) is 23.4. The quantitative estimate of drug-likeness (QED) is 0.663. The van der Waals surface area contributed by atoms with Crippen molar-refractivity contribution in [3.8, 4) is 0 Å². The number of rotatable bonds is 6. The summed E-state index contributed by atoms with van der Waals surface area (Å²) in [5.74, 6) is 1.31. The third-order valence-corrected chi connectivity index (χ3v) is 3.48. The van der Waals surface area contributed by atoms with E-state index in [9.17, 15) is 0 Å². The zero-order valence-corrected chi connectivity index (χ0v) is 10.2. The van der Waals surface area contributed by atoms with Crippen LogP contribution in [0.25, 0.3) is 0 Å². The monoisotopic (exact) mass is 216 g/mol. The van der Waals surface area contributed by atoms with Gasteiger partial charge in [-0.25, -0.2) is 0 Å². The van der Waals surface area contributed by atoms with Gasteiger partial charge in [0, 0.05) is 6.04 Å². The van der Waals surface area contributed by atoms with Crippen molar-refractivity contribution in [2.75, 3.05) is 31.6 Å². The molecule has 0 aromatic heterocycles. The molecule has 3 heteroatoms. The molecule has 1 fully saturated rings. The van der Waals surface area contributed by atoms with Gasteiger partial charge in [0.05, 0.1) is 0 Å². The van der Waals surface area contributed by atoms with Crippen LogP contribution in [0.3, 0.4) is 0 Å². The molecule has 2 N–H and O–H groups in total. The Morgan fingerprint density at radius 1 is 1.29 bits per heavy atom. The molecule has 0 spiro atoms. The van der Waals surface area contributed by atoms with Crippen LogP contribution in [0.4, 0.5) is 0 Å². The van der Waals surface area contributed by atoms with E-state index in [1.807, 2.05) is 11.8 Å². The summed E-state index contributed by atoms with van der Waals surface area (Å²) in [7, 11) is 0. The molecule has 1 heterocycles. The van der Waals surface area contributed by atoms with E-state index in [2.05, 4.69) is 16.9 Å². The van der Waals surface area contributed by atoms with E-state index in [1.54, 1.807) is 0 Å². The van der Waals surface area contributed by atoms with Crippen LogP contribution in [-0.2, 0) is 0 Å². The Hall–Kier alpha value is 0.270. The van der Waals surface area contributed by atoms with Crippen LogP contribution < -0.4 is 10.6 Å². The van der Waals surface area contributed by atoms with Gasteiger partial charge in [-0.1, -0.05) is 0 Å². The van der Waals surface area contributed by atoms with Gasteiger partial charge < -0.3 is 10.6 Å². The molecule has 0 aromatic carbocycles. The molecular weight excluding hydrogens is 192 g/mol. The van der Waals surface area contributed by atoms with Gasteiger partial charge >= 0.3 is 0 Å². The van der Waals surface area contributed by atoms with Crippen LogP contribution in [0.2, 0.25) is 0 Å². The first-order valence-corrected chi connectivity index (χ1v) is 7.26. The number of nitrogens with one attached hydrogen (secondary N) is 2. The largest absolute Gasteiger partial charge is 0.317 e. The predicted molar refractivity (Wildman–Crippen MR) is 66.1 cm³/mol. The SMILES string of the molecule is CSCCCCNC1CCCNCC1. The molecule has 0 radical (unpaired) electrons. The summed E-state index contributed by atoms with van der Waals surface area (Å²) in [5.41, 5.74) is 0. The second-order valence-corrected chi connectivity index (χ2v) is 5.02. The lowest BCUT2D eigenvalue weighted by Gasteiger charge is -2.15. The van der Waals surface area contributed by atoms with Crippen molar-refractivity contribution >= 4 is 11.8 Å². The summed E-state index contributed by atoms with van der Waals surface area (Å²) < 4.78 is 0. The highest BCUT2D eigenvalue weighted by molar-refractivity contribution is 7.98. The minimum absolute atomic E-state index is 0.777. The summed E-state index contributed by atoms with van der Waals surface area (Å²) in [4.78, 5) is 0. The lowest BCUT2D eigenvalue weighted by molar-refractivity contribution is 0.463. The Labute approximate surface area is 92.6 Å². The lowest BCUT2D eigenvalue weighted by Crippen LogP contribution is -2.30. The highest BCUT2D eigenvalue weighted by Crippen LogP contribution is 2.05. The van der Waals surface area contributed by atoms with Gasteiger partial charge in [0.1, 0.15) is 0 Å². The Kier molecular flexibility index (Phi) is 7.55.